The summed E-state index contributed by atoms with van der Waals surface area (Å²) in [6.07, 6.45) is 5.42. The van der Waals surface area contributed by atoms with Crippen molar-refractivity contribution in [2.75, 3.05) is 21.3 Å². The smallest absolute Gasteiger partial charge is 0.171 e. The SMILES string of the molecule is C#CC1(CC)Nc2cccc3c(C4C([O-])C(c5ccc6c7c(cccc57)NC(C)(CC)N6)C4[O-])ccc(c23)N1.[HH]. The van der Waals surface area contributed by atoms with Crippen molar-refractivity contribution in [2.24, 2.45) is 0 Å². The molecule has 4 N–H and O–H groups in total. The molecule has 4 atom stereocenters. The number of nitrogens with one attached hydrogen (secondary N) is 4. The lowest BCUT2D eigenvalue weighted by Crippen LogP contribution is -2.63. The van der Waals surface area contributed by atoms with Gasteiger partial charge in [-0.25, -0.2) is 0 Å². The fraction of sp³-hybridized carbons (Fsp3) is 0.333. The summed E-state index contributed by atoms with van der Waals surface area (Å²) >= 11 is 0. The molecule has 1 fully saturated rings. The van der Waals surface area contributed by atoms with E-state index in [1.807, 2.05) is 61.5 Å². The van der Waals surface area contributed by atoms with Crippen LogP contribution in [0.2, 0.25) is 0 Å². The Morgan fingerprint density at radius 1 is 0.718 bits per heavy atom. The van der Waals surface area contributed by atoms with Crippen LogP contribution in [0.5, 0.6) is 0 Å². The molecule has 39 heavy (non-hydrogen) atoms. The van der Waals surface area contributed by atoms with Gasteiger partial charge in [0, 0.05) is 34.9 Å². The fourth-order valence-electron chi connectivity index (χ4n) is 6.88. The summed E-state index contributed by atoms with van der Waals surface area (Å²) in [5.74, 6) is 1.64. The first-order chi connectivity index (χ1) is 18.8. The second-order valence-corrected chi connectivity index (χ2v) is 11.4. The number of terminal acetylenes is 1. The average molecular weight is 519 g/mol. The van der Waals surface area contributed by atoms with E-state index in [0.29, 0.717) is 6.42 Å². The van der Waals surface area contributed by atoms with Crippen molar-refractivity contribution in [2.45, 2.75) is 69.0 Å². The zero-order chi connectivity index (χ0) is 27.1. The Labute approximate surface area is 230 Å². The van der Waals surface area contributed by atoms with Crippen LogP contribution >= 0.6 is 0 Å². The van der Waals surface area contributed by atoms with Crippen molar-refractivity contribution >= 4 is 44.3 Å². The van der Waals surface area contributed by atoms with Gasteiger partial charge < -0.3 is 31.5 Å². The Morgan fingerprint density at radius 2 is 1.18 bits per heavy atom. The van der Waals surface area contributed by atoms with E-state index in [1.165, 1.54) is 0 Å². The maximum atomic E-state index is 13.9. The van der Waals surface area contributed by atoms with Crippen LogP contribution in [-0.4, -0.2) is 23.5 Å². The lowest BCUT2D eigenvalue weighted by Gasteiger charge is -2.62. The predicted molar refractivity (Wildman–Crippen MR) is 158 cm³/mol. The monoisotopic (exact) mass is 518 g/mol. The summed E-state index contributed by atoms with van der Waals surface area (Å²) < 4.78 is 0. The van der Waals surface area contributed by atoms with E-state index >= 15 is 0 Å². The van der Waals surface area contributed by atoms with Gasteiger partial charge in [-0.2, -0.15) is 0 Å². The van der Waals surface area contributed by atoms with Gasteiger partial charge in [0.05, 0.1) is 0 Å². The highest BCUT2D eigenvalue weighted by atomic mass is 16.3. The van der Waals surface area contributed by atoms with Crippen LogP contribution in [0.15, 0.2) is 60.7 Å². The number of hydrogen-bond acceptors (Lipinski definition) is 6. The van der Waals surface area contributed by atoms with Crippen molar-refractivity contribution in [3.8, 4) is 12.3 Å². The average Bonchev–Trinajstić information content (AvgIpc) is 2.95. The maximum Gasteiger partial charge on any atom is 0.171 e. The minimum atomic E-state index is -1.03. The first-order valence-electron chi connectivity index (χ1n) is 13.9. The highest BCUT2D eigenvalue weighted by Crippen LogP contribution is 2.52. The van der Waals surface area contributed by atoms with Gasteiger partial charge in [0.15, 0.2) is 5.66 Å². The molecule has 0 aromatic heterocycles. The van der Waals surface area contributed by atoms with Gasteiger partial charge in [-0.1, -0.05) is 56.2 Å². The Morgan fingerprint density at radius 3 is 1.64 bits per heavy atom. The quantitative estimate of drug-likeness (QED) is 0.280. The van der Waals surface area contributed by atoms with Crippen LogP contribution in [0.1, 0.15) is 58.0 Å². The van der Waals surface area contributed by atoms with Gasteiger partial charge >= 0.3 is 0 Å². The minimum absolute atomic E-state index is 0. The van der Waals surface area contributed by atoms with Gasteiger partial charge in [-0.05, 0) is 77.8 Å². The van der Waals surface area contributed by atoms with Crippen LogP contribution in [-0.2, 0) is 0 Å². The lowest BCUT2D eigenvalue weighted by atomic mass is 9.62. The highest BCUT2D eigenvalue weighted by Gasteiger charge is 2.41. The molecule has 200 valence electrons. The summed E-state index contributed by atoms with van der Waals surface area (Å²) in [5.41, 5.74) is 4.67. The first-order valence-corrected chi connectivity index (χ1v) is 13.9. The summed E-state index contributed by atoms with van der Waals surface area (Å²) in [7, 11) is 0. The molecule has 1 aliphatic carbocycles. The molecule has 3 aliphatic rings. The normalized spacial score (nSPS) is 30.4. The molecule has 0 radical (unpaired) electrons. The third-order valence-corrected chi connectivity index (χ3v) is 9.28. The molecule has 6 heteroatoms. The molecular weight excluding hydrogens is 484 g/mol. The van der Waals surface area contributed by atoms with E-state index in [1.54, 1.807) is 0 Å². The molecule has 6 nitrogen and oxygen atoms in total. The topological polar surface area (TPSA) is 94.2 Å². The van der Waals surface area contributed by atoms with E-state index < -0.39 is 29.7 Å². The van der Waals surface area contributed by atoms with E-state index in [-0.39, 0.29) is 7.09 Å². The molecule has 0 bridgehead atoms. The Balaban J connectivity index is 0.00000289. The molecule has 4 aromatic rings. The van der Waals surface area contributed by atoms with Crippen LogP contribution < -0.4 is 31.5 Å². The molecule has 4 aromatic carbocycles. The Hall–Kier alpha value is -3.92. The summed E-state index contributed by atoms with van der Waals surface area (Å²) in [5, 5.41) is 45.9. The number of anilines is 4. The molecule has 0 amide bonds. The van der Waals surface area contributed by atoms with Gasteiger partial charge in [0.25, 0.3) is 0 Å². The van der Waals surface area contributed by atoms with Crippen molar-refractivity contribution in [1.29, 1.82) is 0 Å². The van der Waals surface area contributed by atoms with Crippen molar-refractivity contribution in [1.82, 2.24) is 0 Å². The van der Waals surface area contributed by atoms with Gasteiger partial charge in [-0.15, -0.1) is 18.6 Å². The molecular formula is C33H34N4O2-2. The van der Waals surface area contributed by atoms with Gasteiger partial charge in [0.2, 0.25) is 0 Å². The largest absolute Gasteiger partial charge is 0.851 e. The van der Waals surface area contributed by atoms with Crippen LogP contribution in [0, 0.1) is 12.3 Å². The van der Waals surface area contributed by atoms with Crippen LogP contribution in [0.3, 0.4) is 0 Å². The standard InChI is InChI=1S/C33H32N4O2.H2/c1-5-32(4)34-22-12-8-10-18-20(14-16-24(35-32)26(18)22)28-30(38)29(31(28)39)21-15-17-25-27-19(21)11-9-13-23(27)36-33(6-2,7-3)37-25;/h2,8-17,28-31,34-37H,5,7H2,1,3-4H3;1H/q-2;. The van der Waals surface area contributed by atoms with E-state index in [9.17, 15) is 10.2 Å². The molecule has 7 rings (SSSR count). The Bertz CT molecular complexity index is 1660. The molecule has 2 heterocycles. The lowest BCUT2D eigenvalue weighted by molar-refractivity contribution is -0.535. The molecule has 4 unspecified atom stereocenters. The minimum Gasteiger partial charge on any atom is -0.851 e. The highest BCUT2D eigenvalue weighted by molar-refractivity contribution is 6.08. The fourth-order valence-corrected chi connectivity index (χ4v) is 6.88. The second kappa shape index (κ2) is 8.29. The summed E-state index contributed by atoms with van der Waals surface area (Å²) in [6, 6.07) is 20.0. The Kier molecular flexibility index (Phi) is 5.13. The molecule has 1 saturated carbocycles. The zero-order valence-electron chi connectivity index (χ0n) is 22.4. The van der Waals surface area contributed by atoms with E-state index in [2.05, 4.69) is 47.1 Å². The van der Waals surface area contributed by atoms with Crippen molar-refractivity contribution in [3.63, 3.8) is 0 Å². The van der Waals surface area contributed by atoms with Gasteiger partial charge in [-0.3, -0.25) is 0 Å². The zero-order valence-corrected chi connectivity index (χ0v) is 22.4. The van der Waals surface area contributed by atoms with E-state index in [0.717, 1.165) is 61.8 Å². The number of hydrogen-bond donors (Lipinski definition) is 4. The third-order valence-electron chi connectivity index (χ3n) is 9.28. The first kappa shape index (κ1) is 24.1. The molecule has 2 aliphatic heterocycles. The predicted octanol–water partition coefficient (Wildman–Crippen LogP) is 5.12. The third kappa shape index (κ3) is 3.30. The maximum absolute atomic E-state index is 13.9. The van der Waals surface area contributed by atoms with Crippen molar-refractivity contribution in [3.05, 3.63) is 71.8 Å². The van der Waals surface area contributed by atoms with Crippen LogP contribution in [0.4, 0.5) is 22.7 Å². The summed E-state index contributed by atoms with van der Waals surface area (Å²) in [4.78, 5) is 0. The number of benzene rings is 4. The van der Waals surface area contributed by atoms with Crippen LogP contribution in [0.25, 0.3) is 21.5 Å². The number of rotatable bonds is 4. The summed E-state index contributed by atoms with van der Waals surface area (Å²) in [6.45, 7) is 6.32. The van der Waals surface area contributed by atoms with Crippen molar-refractivity contribution < 1.29 is 11.6 Å². The second-order valence-electron chi connectivity index (χ2n) is 11.4. The van der Waals surface area contributed by atoms with E-state index in [4.69, 9.17) is 6.42 Å². The molecule has 0 spiro atoms. The van der Waals surface area contributed by atoms with Gasteiger partial charge in [0.1, 0.15) is 5.66 Å². The molecule has 0 saturated heterocycles.